The normalized spacial score (nSPS) is 12.4. The van der Waals surface area contributed by atoms with Crippen LogP contribution < -0.4 is 0 Å². The fourth-order valence-electron chi connectivity index (χ4n) is 11.0. The van der Waals surface area contributed by atoms with Gasteiger partial charge in [0.05, 0.1) is 0 Å². The van der Waals surface area contributed by atoms with Gasteiger partial charge in [0.1, 0.15) is 13.2 Å². The maximum absolute atomic E-state index is 13.0. The zero-order chi connectivity index (χ0) is 59.9. The number of carbonyl (C=O) groups is 3. The van der Waals surface area contributed by atoms with Crippen LogP contribution in [0.3, 0.4) is 0 Å². The van der Waals surface area contributed by atoms with Crippen LogP contribution in [0.2, 0.25) is 0 Å². The van der Waals surface area contributed by atoms with Crippen molar-refractivity contribution >= 4 is 17.9 Å². The van der Waals surface area contributed by atoms with Gasteiger partial charge in [0.15, 0.2) is 6.10 Å². The van der Waals surface area contributed by atoms with Crippen LogP contribution in [-0.2, 0) is 28.6 Å². The van der Waals surface area contributed by atoms with Gasteiger partial charge in [-0.05, 0) is 77.0 Å². The average molecular weight is 1160 g/mol. The molecule has 0 rings (SSSR count). The first-order chi connectivity index (χ1) is 41.0. The Balaban J connectivity index is 4.13. The average Bonchev–Trinajstić information content (AvgIpc) is 3.48. The van der Waals surface area contributed by atoms with Crippen molar-refractivity contribution in [3.63, 3.8) is 0 Å². The summed E-state index contributed by atoms with van der Waals surface area (Å²) in [7, 11) is 0. The zero-order valence-corrected chi connectivity index (χ0v) is 55.7. The van der Waals surface area contributed by atoms with E-state index in [-0.39, 0.29) is 31.1 Å². The van der Waals surface area contributed by atoms with E-state index >= 15 is 0 Å². The molecule has 0 spiro atoms. The molecule has 6 nitrogen and oxygen atoms in total. The third-order valence-corrected chi connectivity index (χ3v) is 16.5. The molecular formula is C77H140O6. The Morgan fingerprint density at radius 2 is 0.482 bits per heavy atom. The molecular weight excluding hydrogens is 1020 g/mol. The van der Waals surface area contributed by atoms with Gasteiger partial charge in [0.25, 0.3) is 0 Å². The number of ether oxygens (including phenoxy) is 3. The number of esters is 3. The monoisotopic (exact) mass is 1160 g/mol. The lowest BCUT2D eigenvalue weighted by atomic mass is 10.0. The molecule has 0 aliphatic rings. The predicted molar refractivity (Wildman–Crippen MR) is 362 cm³/mol. The lowest BCUT2D eigenvalue weighted by molar-refractivity contribution is -0.167. The van der Waals surface area contributed by atoms with Crippen molar-refractivity contribution in [2.45, 2.75) is 399 Å². The van der Waals surface area contributed by atoms with Crippen LogP contribution in [0.5, 0.6) is 0 Å². The van der Waals surface area contributed by atoms with Crippen molar-refractivity contribution in [2.24, 2.45) is 0 Å². The quantitative estimate of drug-likeness (QED) is 0.0261. The molecule has 0 aromatic carbocycles. The highest BCUT2D eigenvalue weighted by Gasteiger charge is 2.19. The lowest BCUT2D eigenvalue weighted by Crippen LogP contribution is -2.30. The summed E-state index contributed by atoms with van der Waals surface area (Å²) in [6.07, 6.45) is 92.8. The van der Waals surface area contributed by atoms with E-state index in [1.807, 2.05) is 0 Å². The summed E-state index contributed by atoms with van der Waals surface area (Å²) in [4.78, 5) is 38.4. The number of rotatable bonds is 68. The third kappa shape index (κ3) is 69.8. The molecule has 83 heavy (non-hydrogen) atoms. The first-order valence-corrected chi connectivity index (χ1v) is 36.8. The van der Waals surface area contributed by atoms with Crippen molar-refractivity contribution in [3.8, 4) is 0 Å². The Labute approximate surface area is 517 Å². The molecule has 0 aliphatic carbocycles. The Morgan fingerprint density at radius 1 is 0.253 bits per heavy atom. The van der Waals surface area contributed by atoms with Gasteiger partial charge in [-0.3, -0.25) is 14.4 Å². The molecule has 0 fully saturated rings. The summed E-state index contributed by atoms with van der Waals surface area (Å²) in [6.45, 7) is 6.55. The van der Waals surface area contributed by atoms with E-state index < -0.39 is 6.10 Å². The Morgan fingerprint density at radius 3 is 0.783 bits per heavy atom. The molecule has 0 aromatic heterocycles. The first-order valence-electron chi connectivity index (χ1n) is 36.8. The molecule has 0 amide bonds. The maximum Gasteiger partial charge on any atom is 0.306 e. The van der Waals surface area contributed by atoms with E-state index in [9.17, 15) is 14.4 Å². The number of unbranched alkanes of at least 4 members (excludes halogenated alkanes) is 47. The smallest absolute Gasteiger partial charge is 0.306 e. The van der Waals surface area contributed by atoms with Crippen LogP contribution in [0.15, 0.2) is 60.8 Å². The Bertz CT molecular complexity index is 1470. The minimum Gasteiger partial charge on any atom is -0.462 e. The van der Waals surface area contributed by atoms with Gasteiger partial charge in [0, 0.05) is 19.3 Å². The van der Waals surface area contributed by atoms with E-state index in [4.69, 9.17) is 14.2 Å². The second-order valence-corrected chi connectivity index (χ2v) is 24.8. The van der Waals surface area contributed by atoms with Crippen LogP contribution in [-0.4, -0.2) is 37.2 Å². The molecule has 1 unspecified atom stereocenters. The second kappa shape index (κ2) is 71.6. The topological polar surface area (TPSA) is 78.9 Å². The molecule has 0 N–H and O–H groups in total. The molecule has 0 aromatic rings. The van der Waals surface area contributed by atoms with Crippen molar-refractivity contribution < 1.29 is 28.6 Å². The Hall–Kier alpha value is -2.89. The van der Waals surface area contributed by atoms with Gasteiger partial charge in [-0.15, -0.1) is 0 Å². The van der Waals surface area contributed by atoms with Gasteiger partial charge in [-0.2, -0.15) is 0 Å². The zero-order valence-electron chi connectivity index (χ0n) is 55.7. The Kier molecular flexibility index (Phi) is 69.1. The third-order valence-electron chi connectivity index (χ3n) is 16.5. The van der Waals surface area contributed by atoms with Crippen LogP contribution in [0.1, 0.15) is 393 Å². The number of carbonyl (C=O) groups excluding carboxylic acids is 3. The van der Waals surface area contributed by atoms with E-state index in [1.165, 1.54) is 263 Å². The highest BCUT2D eigenvalue weighted by Crippen LogP contribution is 2.19. The van der Waals surface area contributed by atoms with Crippen molar-refractivity contribution in [2.75, 3.05) is 13.2 Å². The highest BCUT2D eigenvalue weighted by atomic mass is 16.6. The van der Waals surface area contributed by atoms with Crippen LogP contribution in [0, 0.1) is 0 Å². The van der Waals surface area contributed by atoms with E-state index in [1.54, 1.807) is 0 Å². The fourth-order valence-corrected chi connectivity index (χ4v) is 11.0. The standard InChI is InChI=1S/C77H140O6/c1-4-7-10-13-16-19-22-24-26-28-30-32-34-35-36-37-38-39-40-41-43-44-46-48-50-52-55-58-61-64-67-70-76(79)82-73-74(72-81-75(78)69-66-63-60-57-54-21-18-15-12-9-6-3)83-77(80)71-68-65-62-59-56-53-51-49-47-45-42-33-31-29-27-25-23-20-17-14-11-8-5-2/h7,10,15-16,18-19,24,26,30,32,74H,4-6,8-9,11-14,17,20-23,25,27-29,31,33-73H2,1-3H3/b10-7-,18-15-,19-16-,26-24-,32-30-. The summed E-state index contributed by atoms with van der Waals surface area (Å²) in [5.74, 6) is -0.853. The summed E-state index contributed by atoms with van der Waals surface area (Å²) in [6, 6.07) is 0. The van der Waals surface area contributed by atoms with Gasteiger partial charge >= 0.3 is 17.9 Å². The second-order valence-electron chi connectivity index (χ2n) is 24.8. The number of allylic oxidation sites excluding steroid dienone is 10. The summed E-state index contributed by atoms with van der Waals surface area (Å²) in [5.41, 5.74) is 0. The fraction of sp³-hybridized carbons (Fsp3) is 0.831. The predicted octanol–water partition coefficient (Wildman–Crippen LogP) is 25.5. The summed E-state index contributed by atoms with van der Waals surface area (Å²) in [5, 5.41) is 0. The highest BCUT2D eigenvalue weighted by molar-refractivity contribution is 5.71. The van der Waals surface area contributed by atoms with E-state index in [0.717, 1.165) is 89.9 Å². The van der Waals surface area contributed by atoms with Gasteiger partial charge in [0.2, 0.25) is 0 Å². The van der Waals surface area contributed by atoms with Crippen LogP contribution >= 0.6 is 0 Å². The van der Waals surface area contributed by atoms with Crippen LogP contribution in [0.25, 0.3) is 0 Å². The van der Waals surface area contributed by atoms with Gasteiger partial charge in [-0.1, -0.05) is 358 Å². The van der Waals surface area contributed by atoms with Gasteiger partial charge in [-0.25, -0.2) is 0 Å². The SMILES string of the molecule is CC/C=C\C/C=C\C/C=C\C/C=C\CCCCCCCCCCCCCCCCCCCCC(=O)OCC(COC(=O)CCCCCCC/C=C\CCCC)OC(=O)CCCCCCCCCCCCCCCCCCCCCCCCC. The minimum absolute atomic E-state index is 0.0707. The largest absolute Gasteiger partial charge is 0.462 e. The summed E-state index contributed by atoms with van der Waals surface area (Å²) < 4.78 is 17.0. The molecule has 0 saturated heterocycles. The van der Waals surface area contributed by atoms with E-state index in [0.29, 0.717) is 19.3 Å². The molecule has 0 heterocycles. The molecule has 1 atom stereocenters. The number of hydrogen-bond acceptors (Lipinski definition) is 6. The molecule has 6 heteroatoms. The van der Waals surface area contributed by atoms with Gasteiger partial charge < -0.3 is 14.2 Å². The molecule has 484 valence electrons. The molecule has 0 aliphatic heterocycles. The maximum atomic E-state index is 13.0. The molecule has 0 radical (unpaired) electrons. The number of hydrogen-bond donors (Lipinski definition) is 0. The minimum atomic E-state index is -0.774. The van der Waals surface area contributed by atoms with E-state index in [2.05, 4.69) is 81.5 Å². The summed E-state index contributed by atoms with van der Waals surface area (Å²) >= 11 is 0. The molecule has 0 bridgehead atoms. The van der Waals surface area contributed by atoms with Crippen molar-refractivity contribution in [1.82, 2.24) is 0 Å². The first kappa shape index (κ1) is 80.1. The lowest BCUT2D eigenvalue weighted by Gasteiger charge is -2.18. The van der Waals surface area contributed by atoms with Crippen molar-refractivity contribution in [3.05, 3.63) is 60.8 Å². The van der Waals surface area contributed by atoms with Crippen LogP contribution in [0.4, 0.5) is 0 Å². The van der Waals surface area contributed by atoms with Crippen molar-refractivity contribution in [1.29, 1.82) is 0 Å². The molecule has 0 saturated carbocycles.